The number of ether oxygens (including phenoxy) is 4. The van der Waals surface area contributed by atoms with E-state index >= 15 is 0 Å². The van der Waals surface area contributed by atoms with Gasteiger partial charge in [-0.15, -0.1) is 0 Å². The fraction of sp³-hybridized carbons (Fsp3) is 0.154. The van der Waals surface area contributed by atoms with Gasteiger partial charge in [-0.25, -0.2) is 0 Å². The van der Waals surface area contributed by atoms with E-state index in [1.54, 1.807) is 12.1 Å². The summed E-state index contributed by atoms with van der Waals surface area (Å²) in [4.78, 5) is 3.28. The van der Waals surface area contributed by atoms with Crippen LogP contribution in [-0.4, -0.2) is 34.4 Å². The molecule has 0 aliphatic rings. The maximum atomic E-state index is 7.40. The molecule has 0 saturated heterocycles. The highest BCUT2D eigenvalue weighted by Crippen LogP contribution is 2.33. The summed E-state index contributed by atoms with van der Waals surface area (Å²) in [6, 6.07) is 23.3. The largest absolute Gasteiger partial charge is 0.593 e. The second-order valence-corrected chi connectivity index (χ2v) is 8.52. The average molecular weight is 455 g/mol. The van der Waals surface area contributed by atoms with Gasteiger partial charge in [0.2, 0.25) is 0 Å². The molecular weight excluding hydrogens is 424 g/mol. The van der Waals surface area contributed by atoms with E-state index in [4.69, 9.17) is 21.8 Å². The smallest absolute Gasteiger partial charge is 0.555 e. The minimum atomic E-state index is -0.407. The van der Waals surface area contributed by atoms with Crippen LogP contribution in [0.4, 0.5) is 0 Å². The number of rotatable bonds is 14. The van der Waals surface area contributed by atoms with Crippen LogP contribution in [0.15, 0.2) is 113 Å². The molecule has 0 aromatic heterocycles. The van der Waals surface area contributed by atoms with Crippen molar-refractivity contribution in [1.29, 1.82) is 2.86 Å². The van der Waals surface area contributed by atoms with Crippen LogP contribution in [-0.2, 0) is 20.4 Å². The van der Waals surface area contributed by atoms with Gasteiger partial charge in [-0.3, -0.25) is 0 Å². The third-order valence-corrected chi connectivity index (χ3v) is 6.58. The predicted octanol–water partition coefficient (Wildman–Crippen LogP) is 5.30. The Morgan fingerprint density at radius 1 is 0.656 bits per heavy atom. The molecule has 0 saturated carbocycles. The first-order valence-electron chi connectivity index (χ1n) is 10.9. The summed E-state index contributed by atoms with van der Waals surface area (Å²) in [5.41, 5.74) is 0. The highest BCUT2D eigenvalue weighted by atomic mass is 32.2. The lowest BCUT2D eigenvalue weighted by atomic mass is 10.3. The van der Waals surface area contributed by atoms with E-state index in [9.17, 15) is 0 Å². The van der Waals surface area contributed by atoms with Gasteiger partial charge in [0, 0.05) is 24.3 Å². The summed E-state index contributed by atoms with van der Waals surface area (Å²) < 4.78 is 36.4. The predicted molar refractivity (Wildman–Crippen MR) is 128 cm³/mol. The Bertz CT molecular complexity index is 965. The summed E-state index contributed by atoms with van der Waals surface area (Å²) in [5, 5.41) is 1.41. The molecule has 0 radical (unpaired) electrons. The van der Waals surface area contributed by atoms with Gasteiger partial charge in [0.25, 0.3) is 5.75 Å². The molecule has 3 aromatic carbocycles. The minimum Gasteiger partial charge on any atom is -0.593 e. The van der Waals surface area contributed by atoms with Gasteiger partial charge in [0.15, 0.2) is 14.7 Å². The third kappa shape index (κ3) is 6.75. The van der Waals surface area contributed by atoms with Gasteiger partial charge >= 0.3 is 2.86 Å². The molecule has 3 aromatic rings. The Labute approximate surface area is 194 Å². The highest BCUT2D eigenvalue weighted by Gasteiger charge is 2.29. The Balaban J connectivity index is 1.83. The lowest BCUT2D eigenvalue weighted by Gasteiger charge is -2.11. The molecule has 0 spiro atoms. The molecule has 0 unspecified atom stereocenters. The Morgan fingerprint density at radius 3 is 1.44 bits per heavy atom. The molecule has 0 fully saturated rings. The normalized spacial score (nSPS) is 11.2. The van der Waals surface area contributed by atoms with Crippen molar-refractivity contribution in [3.05, 3.63) is 98.5 Å². The molecule has 32 heavy (non-hydrogen) atoms. The van der Waals surface area contributed by atoms with Gasteiger partial charge in [0.1, 0.15) is 37.9 Å². The van der Waals surface area contributed by atoms with Crippen LogP contribution in [0.25, 0.3) is 0 Å². The van der Waals surface area contributed by atoms with Crippen LogP contribution in [0.1, 0.15) is 0 Å². The highest BCUT2D eigenvalue weighted by molar-refractivity contribution is 7.97. The number of benzene rings is 3. The second-order valence-electron chi connectivity index (χ2n) is 6.49. The molecular formula is C26H28O5S+2. The minimum absolute atomic E-state index is 0.407. The zero-order valence-corrected chi connectivity index (χ0v) is 18.6. The standard InChI is InChI=1S/C26H26O5S/c1-3-28-17-19-30-22-7-13-25(14-8-22)32(24-11-5-21(27)6-12-24)26-15-9-23(10-16-26)31-20-18-29-4-2/h3-16H,1-2,17-20H2/p+2/i/hD2. The Hall–Kier alpha value is -3.51. The van der Waals surface area contributed by atoms with E-state index in [-0.39, 0.29) is 0 Å². The van der Waals surface area contributed by atoms with E-state index < -0.39 is 10.9 Å². The first kappa shape index (κ1) is 20.4. The van der Waals surface area contributed by atoms with Crippen LogP contribution >= 0.6 is 0 Å². The van der Waals surface area contributed by atoms with E-state index in [2.05, 4.69) is 13.2 Å². The maximum Gasteiger partial charge on any atom is 0.555 e. The quantitative estimate of drug-likeness (QED) is 0.188. The van der Waals surface area contributed by atoms with Crippen molar-refractivity contribution in [2.75, 3.05) is 26.4 Å². The van der Waals surface area contributed by atoms with Crippen molar-refractivity contribution >= 4 is 10.9 Å². The van der Waals surface area contributed by atoms with Crippen molar-refractivity contribution in [2.45, 2.75) is 14.7 Å². The first-order chi connectivity index (χ1) is 16.6. The number of hydrogen-bond acceptors (Lipinski definition) is 4. The van der Waals surface area contributed by atoms with E-state index in [0.29, 0.717) is 32.2 Å². The van der Waals surface area contributed by atoms with Crippen LogP contribution in [0.2, 0.25) is 0 Å². The van der Waals surface area contributed by atoms with Crippen molar-refractivity contribution in [1.82, 2.24) is 0 Å². The first-order valence-corrected chi connectivity index (χ1v) is 11.4. The van der Waals surface area contributed by atoms with Gasteiger partial charge < -0.3 is 24.1 Å². The van der Waals surface area contributed by atoms with Crippen molar-refractivity contribution in [3.63, 3.8) is 0 Å². The van der Waals surface area contributed by atoms with Gasteiger partial charge in [-0.2, -0.15) is 0 Å². The lowest BCUT2D eigenvalue weighted by Crippen LogP contribution is -2.07. The topological polar surface area (TPSA) is 59.8 Å². The monoisotopic (exact) mass is 454 g/mol. The molecule has 3 rings (SSSR count). The Kier molecular flexibility index (Phi) is 7.88. The molecule has 6 heteroatoms. The average Bonchev–Trinajstić information content (AvgIpc) is 2.87. The van der Waals surface area contributed by atoms with E-state index in [1.807, 2.05) is 60.7 Å². The van der Waals surface area contributed by atoms with Crippen LogP contribution in [0.5, 0.6) is 17.2 Å². The third-order valence-electron chi connectivity index (χ3n) is 4.35. The van der Waals surface area contributed by atoms with Gasteiger partial charge in [0.05, 0.1) is 23.4 Å². The molecule has 0 amide bonds. The van der Waals surface area contributed by atoms with E-state index in [1.165, 1.54) is 17.6 Å². The van der Waals surface area contributed by atoms with Crippen molar-refractivity contribution < 1.29 is 24.1 Å². The summed E-state index contributed by atoms with van der Waals surface area (Å²) in [6.45, 7) is 8.79. The Morgan fingerprint density at radius 2 is 1.06 bits per heavy atom. The molecule has 0 atom stereocenters. The summed E-state index contributed by atoms with van der Waals surface area (Å²) in [6.07, 6.45) is 2.79. The molecule has 2 N–H and O–H groups in total. The van der Waals surface area contributed by atoms with E-state index in [0.717, 1.165) is 26.2 Å². The fourth-order valence-electron chi connectivity index (χ4n) is 2.91. The van der Waals surface area contributed by atoms with Crippen LogP contribution in [0.3, 0.4) is 0 Å². The van der Waals surface area contributed by atoms with Gasteiger partial charge in [-0.05, 0) is 48.5 Å². The molecule has 0 heterocycles. The molecule has 5 nitrogen and oxygen atoms in total. The number of hydrogen-bond donors (Lipinski definition) is 0. The van der Waals surface area contributed by atoms with Crippen molar-refractivity contribution in [2.24, 2.45) is 0 Å². The van der Waals surface area contributed by atoms with Gasteiger partial charge in [-0.1, -0.05) is 13.2 Å². The summed E-state index contributed by atoms with van der Waals surface area (Å²) >= 11 is 0. The molecule has 0 aliphatic heterocycles. The summed E-state index contributed by atoms with van der Waals surface area (Å²) in [7, 11) is -0.407. The second kappa shape index (κ2) is 12.4. The zero-order chi connectivity index (χ0) is 24.2. The molecule has 0 bridgehead atoms. The fourth-order valence-corrected chi connectivity index (χ4v) is 4.95. The SMILES string of the molecule is [2H][O+]([2H])c1ccc([S+](c2ccc(OCCOC=C)cc2)c2ccc(OCCOC=C)cc2)cc1. The van der Waals surface area contributed by atoms with Crippen LogP contribution < -0.4 is 9.47 Å². The molecule has 166 valence electrons. The lowest BCUT2D eigenvalue weighted by molar-refractivity contribution is 0.179. The maximum absolute atomic E-state index is 7.40. The molecule has 0 aliphatic carbocycles. The van der Waals surface area contributed by atoms with Crippen LogP contribution in [0, 0.1) is 0 Å². The van der Waals surface area contributed by atoms with Crippen molar-refractivity contribution in [3.8, 4) is 17.2 Å². The zero-order valence-electron chi connectivity index (χ0n) is 19.8. The summed E-state index contributed by atoms with van der Waals surface area (Å²) in [5.74, 6) is 1.94.